The molecule has 3 rings (SSSR count). The van der Waals surface area contributed by atoms with Crippen molar-refractivity contribution in [2.24, 2.45) is 0 Å². The smallest absolute Gasteiger partial charge is 0.388 e. The molecule has 128 valence electrons. The summed E-state index contributed by atoms with van der Waals surface area (Å²) in [7, 11) is 0. The molecule has 0 saturated heterocycles. The van der Waals surface area contributed by atoms with Gasteiger partial charge in [0.15, 0.2) is 0 Å². The SMILES string of the molecule is O=c1ccc(-c2ccc(OC(F)F)nn2)nn1Cc1cncc(F)c1. The number of nitrogens with zero attached hydrogens (tertiary/aromatic N) is 5. The van der Waals surface area contributed by atoms with Gasteiger partial charge in [0.1, 0.15) is 17.2 Å². The van der Waals surface area contributed by atoms with Gasteiger partial charge in [0.2, 0.25) is 5.88 Å². The third kappa shape index (κ3) is 4.16. The van der Waals surface area contributed by atoms with Crippen LogP contribution in [0, 0.1) is 5.82 Å². The molecule has 0 atom stereocenters. The average molecular weight is 349 g/mol. The van der Waals surface area contributed by atoms with E-state index in [4.69, 9.17) is 0 Å². The van der Waals surface area contributed by atoms with Crippen LogP contribution < -0.4 is 10.3 Å². The Balaban J connectivity index is 1.87. The fourth-order valence-electron chi connectivity index (χ4n) is 2.02. The summed E-state index contributed by atoms with van der Waals surface area (Å²) in [6.07, 6.45) is 2.47. The molecule has 0 unspecified atom stereocenters. The summed E-state index contributed by atoms with van der Waals surface area (Å²) < 4.78 is 42.6. The number of hydrogen-bond donors (Lipinski definition) is 0. The van der Waals surface area contributed by atoms with Crippen LogP contribution in [0.25, 0.3) is 11.4 Å². The molecule has 0 fully saturated rings. The summed E-state index contributed by atoms with van der Waals surface area (Å²) in [5.41, 5.74) is 0.602. The van der Waals surface area contributed by atoms with Gasteiger partial charge in [-0.25, -0.2) is 9.07 Å². The molecular formula is C15H10F3N5O2. The summed E-state index contributed by atoms with van der Waals surface area (Å²) in [6, 6.07) is 6.51. The largest absolute Gasteiger partial charge is 0.415 e. The fraction of sp³-hybridized carbons (Fsp3) is 0.133. The van der Waals surface area contributed by atoms with E-state index >= 15 is 0 Å². The Hall–Kier alpha value is -3.30. The molecule has 0 aromatic carbocycles. The van der Waals surface area contributed by atoms with Gasteiger partial charge in [0.25, 0.3) is 5.56 Å². The summed E-state index contributed by atoms with van der Waals surface area (Å²) >= 11 is 0. The van der Waals surface area contributed by atoms with Crippen molar-refractivity contribution in [2.75, 3.05) is 0 Å². The van der Waals surface area contributed by atoms with Crippen LogP contribution in [-0.2, 0) is 6.54 Å². The number of halogens is 3. The van der Waals surface area contributed by atoms with Crippen LogP contribution in [0.3, 0.4) is 0 Å². The maximum Gasteiger partial charge on any atom is 0.388 e. The number of pyridine rings is 1. The van der Waals surface area contributed by atoms with Crippen LogP contribution in [-0.4, -0.2) is 31.6 Å². The molecule has 0 aliphatic rings. The minimum atomic E-state index is -3.00. The molecule has 0 aliphatic carbocycles. The maximum absolute atomic E-state index is 13.2. The Morgan fingerprint density at radius 1 is 1.08 bits per heavy atom. The second-order valence-corrected chi connectivity index (χ2v) is 4.86. The summed E-state index contributed by atoms with van der Waals surface area (Å²) in [5, 5.41) is 11.4. The summed E-state index contributed by atoms with van der Waals surface area (Å²) in [6.45, 7) is -2.99. The minimum Gasteiger partial charge on any atom is -0.415 e. The predicted octanol–water partition coefficient (Wildman–Crippen LogP) is 1.88. The number of aromatic nitrogens is 5. The second kappa shape index (κ2) is 7.07. The van der Waals surface area contributed by atoms with Crippen LogP contribution in [0.5, 0.6) is 5.88 Å². The highest BCUT2D eigenvalue weighted by atomic mass is 19.3. The van der Waals surface area contributed by atoms with E-state index in [2.05, 4.69) is 25.0 Å². The third-order valence-electron chi connectivity index (χ3n) is 3.07. The normalized spacial score (nSPS) is 10.9. The fourth-order valence-corrected chi connectivity index (χ4v) is 2.02. The molecular weight excluding hydrogens is 339 g/mol. The van der Waals surface area contributed by atoms with Crippen molar-refractivity contribution in [3.8, 4) is 17.3 Å². The van der Waals surface area contributed by atoms with Crippen molar-refractivity contribution in [3.63, 3.8) is 0 Å². The van der Waals surface area contributed by atoms with Crippen molar-refractivity contribution in [2.45, 2.75) is 13.2 Å². The van der Waals surface area contributed by atoms with Gasteiger partial charge in [-0.05, 0) is 23.8 Å². The predicted molar refractivity (Wildman–Crippen MR) is 79.5 cm³/mol. The summed E-state index contributed by atoms with van der Waals surface area (Å²) in [4.78, 5) is 15.6. The van der Waals surface area contributed by atoms with E-state index in [1.54, 1.807) is 0 Å². The first-order valence-electron chi connectivity index (χ1n) is 6.98. The van der Waals surface area contributed by atoms with Gasteiger partial charge >= 0.3 is 6.61 Å². The number of rotatable bonds is 5. The minimum absolute atomic E-state index is 0.0113. The number of hydrogen-bond acceptors (Lipinski definition) is 6. The van der Waals surface area contributed by atoms with Crippen molar-refractivity contribution in [1.82, 2.24) is 25.0 Å². The zero-order valence-corrected chi connectivity index (χ0v) is 12.5. The molecule has 25 heavy (non-hydrogen) atoms. The first-order valence-corrected chi connectivity index (χ1v) is 6.98. The highest BCUT2D eigenvalue weighted by Crippen LogP contribution is 2.15. The molecule has 0 N–H and O–H groups in total. The van der Waals surface area contributed by atoms with E-state index in [0.29, 0.717) is 11.3 Å². The molecule has 0 radical (unpaired) electrons. The Bertz CT molecular complexity index is 931. The first kappa shape index (κ1) is 16.6. The highest BCUT2D eigenvalue weighted by Gasteiger charge is 2.09. The van der Waals surface area contributed by atoms with E-state index in [0.717, 1.165) is 10.9 Å². The van der Waals surface area contributed by atoms with Crippen LogP contribution in [0.1, 0.15) is 5.56 Å². The van der Waals surface area contributed by atoms with Gasteiger partial charge < -0.3 is 4.74 Å². The molecule has 10 heteroatoms. The molecule has 0 amide bonds. The van der Waals surface area contributed by atoms with E-state index in [1.165, 1.54) is 36.5 Å². The lowest BCUT2D eigenvalue weighted by Gasteiger charge is -2.07. The molecule has 0 saturated carbocycles. The summed E-state index contributed by atoms with van der Waals surface area (Å²) in [5.74, 6) is -0.861. The van der Waals surface area contributed by atoms with Gasteiger partial charge in [-0.1, -0.05) is 0 Å². The molecule has 3 heterocycles. The lowest BCUT2D eigenvalue weighted by atomic mass is 10.2. The molecule has 0 aliphatic heterocycles. The van der Waals surface area contributed by atoms with Gasteiger partial charge in [0.05, 0.1) is 12.7 Å². The van der Waals surface area contributed by atoms with E-state index in [-0.39, 0.29) is 18.1 Å². The standard InChI is InChI=1S/C15H10F3N5O2/c16-10-5-9(6-19-7-10)8-23-14(24)4-2-12(22-23)11-1-3-13(21-20-11)25-15(17)18/h1-7,15H,8H2. The first-order chi connectivity index (χ1) is 12.0. The maximum atomic E-state index is 13.2. The lowest BCUT2D eigenvalue weighted by molar-refractivity contribution is -0.0534. The molecule has 0 bridgehead atoms. The van der Waals surface area contributed by atoms with Crippen molar-refractivity contribution in [3.05, 3.63) is 64.5 Å². The molecule has 0 spiro atoms. The van der Waals surface area contributed by atoms with E-state index < -0.39 is 18.0 Å². The van der Waals surface area contributed by atoms with Gasteiger partial charge in [-0.2, -0.15) is 13.9 Å². The molecule has 7 nitrogen and oxygen atoms in total. The van der Waals surface area contributed by atoms with Gasteiger partial charge in [0, 0.05) is 18.3 Å². The molecule has 3 aromatic heterocycles. The Kier molecular flexibility index (Phi) is 4.68. The van der Waals surface area contributed by atoms with Crippen LogP contribution >= 0.6 is 0 Å². The van der Waals surface area contributed by atoms with Gasteiger partial charge in [-0.15, -0.1) is 10.2 Å². The monoisotopic (exact) mass is 349 g/mol. The van der Waals surface area contributed by atoms with Crippen molar-refractivity contribution < 1.29 is 17.9 Å². The Labute approximate surface area is 138 Å². The quantitative estimate of drug-likeness (QED) is 0.699. The van der Waals surface area contributed by atoms with E-state index in [1.807, 2.05) is 0 Å². The van der Waals surface area contributed by atoms with Gasteiger partial charge in [-0.3, -0.25) is 9.78 Å². The zero-order valence-electron chi connectivity index (χ0n) is 12.5. The van der Waals surface area contributed by atoms with Crippen molar-refractivity contribution in [1.29, 1.82) is 0 Å². The second-order valence-electron chi connectivity index (χ2n) is 4.86. The average Bonchev–Trinajstić information content (AvgIpc) is 2.57. The van der Waals surface area contributed by atoms with E-state index in [9.17, 15) is 18.0 Å². The topological polar surface area (TPSA) is 82.8 Å². The third-order valence-corrected chi connectivity index (χ3v) is 3.07. The lowest BCUT2D eigenvalue weighted by Crippen LogP contribution is -2.23. The highest BCUT2D eigenvalue weighted by molar-refractivity contribution is 5.52. The van der Waals surface area contributed by atoms with Crippen LogP contribution in [0.15, 0.2) is 47.5 Å². The zero-order chi connectivity index (χ0) is 17.8. The Morgan fingerprint density at radius 3 is 2.56 bits per heavy atom. The number of ether oxygens (including phenoxy) is 1. The van der Waals surface area contributed by atoms with Crippen LogP contribution in [0.2, 0.25) is 0 Å². The number of alkyl halides is 2. The Morgan fingerprint density at radius 2 is 1.88 bits per heavy atom. The van der Waals surface area contributed by atoms with Crippen LogP contribution in [0.4, 0.5) is 13.2 Å². The molecule has 3 aromatic rings. The van der Waals surface area contributed by atoms with Crippen molar-refractivity contribution >= 4 is 0 Å².